The predicted octanol–water partition coefficient (Wildman–Crippen LogP) is 1.89. The molecule has 18 heavy (non-hydrogen) atoms. The fourth-order valence-corrected chi connectivity index (χ4v) is 1.60. The Labute approximate surface area is 106 Å². The number of hydrogen-bond acceptors (Lipinski definition) is 4. The molecule has 1 rings (SSSR count). The van der Waals surface area contributed by atoms with Gasteiger partial charge in [0.05, 0.1) is 5.75 Å². The number of aromatic nitrogens is 2. The molecule has 98 valence electrons. The van der Waals surface area contributed by atoms with Gasteiger partial charge in [-0.05, 0) is 6.07 Å². The molecular formula is C10H10F3N3OS. The van der Waals surface area contributed by atoms with Gasteiger partial charge in [-0.2, -0.15) is 13.2 Å². The minimum atomic E-state index is -4.51. The summed E-state index contributed by atoms with van der Waals surface area (Å²) in [6.45, 7) is 3.73. The molecule has 0 aliphatic carbocycles. The number of carbonyl (C=O) groups is 1. The fourth-order valence-electron chi connectivity index (χ4n) is 0.935. The molecule has 0 aliphatic heterocycles. The van der Waals surface area contributed by atoms with Gasteiger partial charge in [0.15, 0.2) is 5.16 Å². The van der Waals surface area contributed by atoms with Gasteiger partial charge in [-0.15, -0.1) is 6.58 Å². The molecule has 0 atom stereocenters. The molecule has 1 N–H and O–H groups in total. The fraction of sp³-hybridized carbons (Fsp3) is 0.300. The number of alkyl halides is 3. The van der Waals surface area contributed by atoms with Crippen molar-refractivity contribution in [1.82, 2.24) is 15.3 Å². The third-order valence-electron chi connectivity index (χ3n) is 1.70. The molecule has 1 aromatic rings. The lowest BCUT2D eigenvalue weighted by Crippen LogP contribution is -2.25. The minimum absolute atomic E-state index is 0.0465. The number of nitrogens with zero attached hydrogens (tertiary/aromatic N) is 2. The van der Waals surface area contributed by atoms with E-state index in [1.165, 1.54) is 6.08 Å². The number of nitrogens with one attached hydrogen (secondary N) is 1. The summed E-state index contributed by atoms with van der Waals surface area (Å²) in [6, 6.07) is 0.780. The van der Waals surface area contributed by atoms with Crippen LogP contribution in [0.3, 0.4) is 0 Å². The van der Waals surface area contributed by atoms with E-state index in [9.17, 15) is 18.0 Å². The Bertz CT molecular complexity index is 437. The van der Waals surface area contributed by atoms with E-state index in [0.29, 0.717) is 6.54 Å². The Morgan fingerprint density at radius 1 is 1.56 bits per heavy atom. The van der Waals surface area contributed by atoms with Crippen LogP contribution in [-0.2, 0) is 11.0 Å². The maximum absolute atomic E-state index is 12.3. The maximum Gasteiger partial charge on any atom is 0.433 e. The van der Waals surface area contributed by atoms with Gasteiger partial charge < -0.3 is 5.32 Å². The summed E-state index contributed by atoms with van der Waals surface area (Å²) >= 11 is 0.841. The lowest BCUT2D eigenvalue weighted by Gasteiger charge is -2.06. The summed E-state index contributed by atoms with van der Waals surface area (Å²) in [6.07, 6.45) is -1.99. The second kappa shape index (κ2) is 6.39. The van der Waals surface area contributed by atoms with Gasteiger partial charge in [-0.3, -0.25) is 4.79 Å². The molecule has 4 nitrogen and oxygen atoms in total. The predicted molar refractivity (Wildman–Crippen MR) is 61.0 cm³/mol. The smallest absolute Gasteiger partial charge is 0.352 e. The molecule has 0 bridgehead atoms. The molecule has 1 heterocycles. The first kappa shape index (κ1) is 14.5. The van der Waals surface area contributed by atoms with Crippen LogP contribution in [0.15, 0.2) is 30.1 Å². The molecule has 0 aliphatic rings. The Balaban J connectivity index is 2.58. The average molecular weight is 277 g/mol. The summed E-state index contributed by atoms with van der Waals surface area (Å²) in [5.41, 5.74) is -1.02. The number of rotatable bonds is 5. The zero-order chi connectivity index (χ0) is 13.6. The zero-order valence-corrected chi connectivity index (χ0v) is 10.0. The van der Waals surface area contributed by atoms with E-state index >= 15 is 0 Å². The van der Waals surface area contributed by atoms with Crippen molar-refractivity contribution in [2.45, 2.75) is 11.3 Å². The van der Waals surface area contributed by atoms with E-state index in [4.69, 9.17) is 0 Å². The standard InChI is InChI=1S/C10H10F3N3OS/c1-2-4-14-8(17)6-18-9-15-5-3-7(16-9)10(11,12)13/h2-3,5H,1,4,6H2,(H,14,17). The SMILES string of the molecule is C=CCNC(=O)CSc1nccc(C(F)(F)F)n1. The summed E-state index contributed by atoms with van der Waals surface area (Å²) in [5.74, 6) is -0.365. The summed E-state index contributed by atoms with van der Waals surface area (Å²) < 4.78 is 37.0. The van der Waals surface area contributed by atoms with E-state index in [-0.39, 0.29) is 16.8 Å². The molecule has 0 fully saturated rings. The monoisotopic (exact) mass is 277 g/mol. The van der Waals surface area contributed by atoms with Gasteiger partial charge in [-0.25, -0.2) is 9.97 Å². The first-order valence-corrected chi connectivity index (χ1v) is 5.82. The first-order chi connectivity index (χ1) is 8.43. The third-order valence-corrected chi connectivity index (χ3v) is 2.56. The summed E-state index contributed by atoms with van der Waals surface area (Å²) in [4.78, 5) is 18.2. The molecule has 0 radical (unpaired) electrons. The lowest BCUT2D eigenvalue weighted by atomic mass is 10.4. The van der Waals surface area contributed by atoms with E-state index in [1.54, 1.807) is 0 Å². The third kappa shape index (κ3) is 4.74. The lowest BCUT2D eigenvalue weighted by molar-refractivity contribution is -0.141. The Morgan fingerprint density at radius 3 is 2.89 bits per heavy atom. The van der Waals surface area contributed by atoms with Crippen LogP contribution in [0.5, 0.6) is 0 Å². The summed E-state index contributed by atoms with van der Waals surface area (Å²) in [5, 5.41) is 2.41. The quantitative estimate of drug-likeness (QED) is 0.507. The second-order valence-electron chi connectivity index (χ2n) is 3.10. The highest BCUT2D eigenvalue weighted by atomic mass is 32.2. The van der Waals surface area contributed by atoms with E-state index in [0.717, 1.165) is 24.0 Å². The number of halogens is 3. The molecule has 0 unspecified atom stereocenters. The highest BCUT2D eigenvalue weighted by Gasteiger charge is 2.32. The van der Waals surface area contributed by atoms with Crippen LogP contribution in [0.1, 0.15) is 5.69 Å². The molecule has 8 heteroatoms. The normalized spacial score (nSPS) is 11.1. The maximum atomic E-state index is 12.3. The zero-order valence-electron chi connectivity index (χ0n) is 9.20. The Hall–Kier alpha value is -1.57. The van der Waals surface area contributed by atoms with Crippen molar-refractivity contribution in [3.8, 4) is 0 Å². The van der Waals surface area contributed by atoms with Gasteiger partial charge in [0.1, 0.15) is 5.69 Å². The largest absolute Gasteiger partial charge is 0.433 e. The highest BCUT2D eigenvalue weighted by molar-refractivity contribution is 7.99. The number of thioether (sulfide) groups is 1. The van der Waals surface area contributed by atoms with Crippen molar-refractivity contribution in [2.75, 3.05) is 12.3 Å². The van der Waals surface area contributed by atoms with Crippen molar-refractivity contribution in [3.63, 3.8) is 0 Å². The Kier molecular flexibility index (Phi) is 5.14. The van der Waals surface area contributed by atoms with Crippen LogP contribution in [0.25, 0.3) is 0 Å². The van der Waals surface area contributed by atoms with Gasteiger partial charge in [-0.1, -0.05) is 17.8 Å². The molecule has 0 saturated carbocycles. The highest BCUT2D eigenvalue weighted by Crippen LogP contribution is 2.28. The van der Waals surface area contributed by atoms with Crippen molar-refractivity contribution >= 4 is 17.7 Å². The van der Waals surface area contributed by atoms with Gasteiger partial charge in [0.25, 0.3) is 0 Å². The second-order valence-corrected chi connectivity index (χ2v) is 4.05. The Morgan fingerprint density at radius 2 is 2.28 bits per heavy atom. The van der Waals surface area contributed by atoms with Crippen LogP contribution in [0.2, 0.25) is 0 Å². The van der Waals surface area contributed by atoms with Crippen LogP contribution in [-0.4, -0.2) is 28.2 Å². The van der Waals surface area contributed by atoms with Crippen molar-refractivity contribution in [1.29, 1.82) is 0 Å². The van der Waals surface area contributed by atoms with Crippen molar-refractivity contribution in [2.24, 2.45) is 0 Å². The number of carbonyl (C=O) groups excluding carboxylic acids is 1. The van der Waals surface area contributed by atoms with Crippen LogP contribution in [0, 0.1) is 0 Å². The van der Waals surface area contributed by atoms with E-state index < -0.39 is 11.9 Å². The topological polar surface area (TPSA) is 54.9 Å². The molecule has 0 saturated heterocycles. The summed E-state index contributed by atoms with van der Waals surface area (Å²) in [7, 11) is 0. The van der Waals surface area contributed by atoms with Gasteiger partial charge in [0.2, 0.25) is 5.91 Å². The van der Waals surface area contributed by atoms with Gasteiger partial charge in [0, 0.05) is 12.7 Å². The van der Waals surface area contributed by atoms with Crippen LogP contribution >= 0.6 is 11.8 Å². The van der Waals surface area contributed by atoms with E-state index in [2.05, 4.69) is 21.9 Å². The molecule has 1 aromatic heterocycles. The van der Waals surface area contributed by atoms with Crippen LogP contribution < -0.4 is 5.32 Å². The van der Waals surface area contributed by atoms with Crippen molar-refractivity contribution in [3.05, 3.63) is 30.6 Å². The molecule has 0 spiro atoms. The number of amides is 1. The van der Waals surface area contributed by atoms with Gasteiger partial charge >= 0.3 is 6.18 Å². The average Bonchev–Trinajstić information content (AvgIpc) is 2.33. The van der Waals surface area contributed by atoms with Crippen LogP contribution in [0.4, 0.5) is 13.2 Å². The molecule has 0 aromatic carbocycles. The molecule has 1 amide bonds. The van der Waals surface area contributed by atoms with Crippen molar-refractivity contribution < 1.29 is 18.0 Å². The minimum Gasteiger partial charge on any atom is -0.352 e. The number of hydrogen-bond donors (Lipinski definition) is 1. The molecular weight excluding hydrogens is 267 g/mol. The van der Waals surface area contributed by atoms with E-state index in [1.807, 2.05) is 0 Å². The first-order valence-electron chi connectivity index (χ1n) is 4.84.